The third-order valence-corrected chi connectivity index (χ3v) is 3.33. The topological polar surface area (TPSA) is 49.8 Å². The van der Waals surface area contributed by atoms with Gasteiger partial charge in [0.15, 0.2) is 0 Å². The van der Waals surface area contributed by atoms with Crippen molar-refractivity contribution in [1.82, 2.24) is 9.97 Å². The summed E-state index contributed by atoms with van der Waals surface area (Å²) in [5, 5.41) is 6.88. The van der Waals surface area contributed by atoms with Gasteiger partial charge in [0.05, 0.1) is 0 Å². The van der Waals surface area contributed by atoms with Gasteiger partial charge < -0.3 is 10.6 Å². The van der Waals surface area contributed by atoms with Gasteiger partial charge in [-0.3, -0.25) is 0 Å². The summed E-state index contributed by atoms with van der Waals surface area (Å²) in [4.78, 5) is 9.41. The lowest BCUT2D eigenvalue weighted by Crippen LogP contribution is -2.14. The zero-order valence-corrected chi connectivity index (χ0v) is 12.6. The fraction of sp³-hybridized carbons (Fsp3) is 0.733. The molecule has 4 nitrogen and oxygen atoms in total. The number of hydrogen-bond acceptors (Lipinski definition) is 4. The predicted molar refractivity (Wildman–Crippen MR) is 80.9 cm³/mol. The highest BCUT2D eigenvalue weighted by molar-refractivity contribution is 5.57. The average Bonchev–Trinajstić information content (AvgIpc) is 3.20. The highest BCUT2D eigenvalue weighted by Crippen LogP contribution is 2.39. The van der Waals surface area contributed by atoms with E-state index < -0.39 is 0 Å². The molecule has 19 heavy (non-hydrogen) atoms. The van der Waals surface area contributed by atoms with E-state index in [2.05, 4.69) is 38.3 Å². The van der Waals surface area contributed by atoms with Crippen LogP contribution in [0, 0.1) is 12.8 Å². The normalized spacial score (nSPS) is 14.8. The second-order valence-electron chi connectivity index (χ2n) is 5.88. The van der Waals surface area contributed by atoms with Gasteiger partial charge in [0.25, 0.3) is 0 Å². The van der Waals surface area contributed by atoms with Crippen molar-refractivity contribution in [2.45, 2.75) is 52.9 Å². The van der Waals surface area contributed by atoms with Crippen molar-refractivity contribution < 1.29 is 0 Å². The number of hydrogen-bond donors (Lipinski definition) is 2. The van der Waals surface area contributed by atoms with Crippen LogP contribution in [0.25, 0.3) is 0 Å². The van der Waals surface area contributed by atoms with E-state index in [9.17, 15) is 0 Å². The van der Waals surface area contributed by atoms with Gasteiger partial charge >= 0.3 is 0 Å². The fourth-order valence-electron chi connectivity index (χ4n) is 1.95. The van der Waals surface area contributed by atoms with Gasteiger partial charge in [0, 0.05) is 24.6 Å². The van der Waals surface area contributed by atoms with Crippen LogP contribution in [0.2, 0.25) is 0 Å². The number of aromatic nitrogens is 2. The molecule has 0 amide bonds. The minimum atomic E-state index is 0.586. The molecule has 1 aromatic rings. The van der Waals surface area contributed by atoms with Crippen molar-refractivity contribution in [3.05, 3.63) is 11.4 Å². The molecule has 2 N–H and O–H groups in total. The maximum Gasteiger partial charge on any atom is 0.136 e. The first-order valence-corrected chi connectivity index (χ1v) is 7.48. The van der Waals surface area contributed by atoms with Crippen LogP contribution >= 0.6 is 0 Å². The molecule has 0 unspecified atom stereocenters. The molecule has 1 saturated carbocycles. The van der Waals surface area contributed by atoms with Crippen LogP contribution in [0.3, 0.4) is 0 Å². The van der Waals surface area contributed by atoms with Crippen LogP contribution < -0.4 is 10.6 Å². The maximum absolute atomic E-state index is 4.71. The van der Waals surface area contributed by atoms with E-state index in [1.54, 1.807) is 0 Å². The molecule has 4 heteroatoms. The molecule has 0 saturated heterocycles. The van der Waals surface area contributed by atoms with Crippen molar-refractivity contribution in [2.75, 3.05) is 23.7 Å². The Labute approximate surface area is 116 Å². The lowest BCUT2D eigenvalue weighted by atomic mass is 10.2. The van der Waals surface area contributed by atoms with E-state index in [1.807, 2.05) is 0 Å². The fourth-order valence-corrected chi connectivity index (χ4v) is 1.95. The summed E-state index contributed by atoms with van der Waals surface area (Å²) >= 11 is 0. The smallest absolute Gasteiger partial charge is 0.136 e. The van der Waals surface area contributed by atoms with Gasteiger partial charge in [-0.25, -0.2) is 9.97 Å². The first kappa shape index (κ1) is 14.1. The third-order valence-electron chi connectivity index (χ3n) is 3.33. The van der Waals surface area contributed by atoms with Crippen LogP contribution in [0.1, 0.15) is 57.3 Å². The van der Waals surface area contributed by atoms with Gasteiger partial charge in [0.1, 0.15) is 17.5 Å². The Hall–Kier alpha value is -1.32. The molecule has 106 valence electrons. The molecule has 0 spiro atoms. The molecular weight excluding hydrogens is 236 g/mol. The summed E-state index contributed by atoms with van der Waals surface area (Å²) in [5.74, 6) is 4.22. The Morgan fingerprint density at radius 2 is 1.79 bits per heavy atom. The Kier molecular flexibility index (Phi) is 4.61. The van der Waals surface area contributed by atoms with E-state index in [0.717, 1.165) is 42.5 Å². The van der Waals surface area contributed by atoms with Crippen LogP contribution in [-0.2, 0) is 0 Å². The second-order valence-corrected chi connectivity index (χ2v) is 5.88. The summed E-state index contributed by atoms with van der Waals surface area (Å²) in [6.45, 7) is 10.6. The van der Waals surface area contributed by atoms with Gasteiger partial charge in [-0.05, 0) is 32.1 Å². The quantitative estimate of drug-likeness (QED) is 0.789. The SMILES string of the molecule is CCCNc1nc(C2CC2)nc(NCC(C)C)c1C. The second kappa shape index (κ2) is 6.22. The molecule has 0 bridgehead atoms. The van der Waals surface area contributed by atoms with Gasteiger partial charge in [0.2, 0.25) is 0 Å². The van der Waals surface area contributed by atoms with Crippen molar-refractivity contribution >= 4 is 11.6 Å². The molecule has 0 aliphatic heterocycles. The summed E-state index contributed by atoms with van der Waals surface area (Å²) in [6.07, 6.45) is 3.58. The first-order valence-electron chi connectivity index (χ1n) is 7.48. The predicted octanol–water partition coefficient (Wildman–Crippen LogP) is 3.55. The lowest BCUT2D eigenvalue weighted by Gasteiger charge is -2.15. The average molecular weight is 262 g/mol. The van der Waals surface area contributed by atoms with Crippen LogP contribution in [-0.4, -0.2) is 23.1 Å². The number of anilines is 2. The molecule has 2 rings (SSSR count). The van der Waals surface area contributed by atoms with E-state index in [4.69, 9.17) is 9.97 Å². The Balaban J connectivity index is 2.20. The minimum absolute atomic E-state index is 0.586. The molecule has 1 aliphatic rings. The summed E-state index contributed by atoms with van der Waals surface area (Å²) in [7, 11) is 0. The minimum Gasteiger partial charge on any atom is -0.370 e. The Morgan fingerprint density at radius 3 is 2.32 bits per heavy atom. The van der Waals surface area contributed by atoms with Crippen molar-refractivity contribution in [3.8, 4) is 0 Å². The Morgan fingerprint density at radius 1 is 1.16 bits per heavy atom. The van der Waals surface area contributed by atoms with E-state index in [1.165, 1.54) is 12.8 Å². The Bertz CT molecular complexity index is 424. The van der Waals surface area contributed by atoms with Crippen LogP contribution in [0.4, 0.5) is 11.6 Å². The highest BCUT2D eigenvalue weighted by Gasteiger charge is 2.28. The number of nitrogens with one attached hydrogen (secondary N) is 2. The van der Waals surface area contributed by atoms with E-state index in [0.29, 0.717) is 11.8 Å². The van der Waals surface area contributed by atoms with Crippen LogP contribution in [0.5, 0.6) is 0 Å². The zero-order chi connectivity index (χ0) is 13.8. The first-order chi connectivity index (χ1) is 9.11. The highest BCUT2D eigenvalue weighted by atomic mass is 15.1. The molecule has 1 aliphatic carbocycles. The largest absolute Gasteiger partial charge is 0.370 e. The molecule has 1 fully saturated rings. The monoisotopic (exact) mass is 262 g/mol. The molecule has 1 aromatic heterocycles. The maximum atomic E-state index is 4.71. The standard InChI is InChI=1S/C15H26N4/c1-5-8-16-13-11(4)14(17-9-10(2)3)19-15(18-13)12-6-7-12/h10,12H,5-9H2,1-4H3,(H2,16,17,18,19). The number of rotatable bonds is 7. The van der Waals surface area contributed by atoms with E-state index >= 15 is 0 Å². The molecule has 0 radical (unpaired) electrons. The van der Waals surface area contributed by atoms with Crippen molar-refractivity contribution in [1.29, 1.82) is 0 Å². The van der Waals surface area contributed by atoms with Gasteiger partial charge in [-0.2, -0.15) is 0 Å². The lowest BCUT2D eigenvalue weighted by molar-refractivity contribution is 0.685. The third kappa shape index (κ3) is 3.82. The molecule has 1 heterocycles. The van der Waals surface area contributed by atoms with Crippen molar-refractivity contribution in [3.63, 3.8) is 0 Å². The molecule has 0 atom stereocenters. The summed E-state index contributed by atoms with van der Waals surface area (Å²) in [5.41, 5.74) is 1.14. The number of nitrogens with zero attached hydrogens (tertiary/aromatic N) is 2. The molecular formula is C15H26N4. The van der Waals surface area contributed by atoms with Crippen LogP contribution in [0.15, 0.2) is 0 Å². The zero-order valence-electron chi connectivity index (χ0n) is 12.6. The van der Waals surface area contributed by atoms with E-state index in [-0.39, 0.29) is 0 Å². The van der Waals surface area contributed by atoms with Crippen molar-refractivity contribution in [2.24, 2.45) is 5.92 Å². The summed E-state index contributed by atoms with van der Waals surface area (Å²) < 4.78 is 0. The summed E-state index contributed by atoms with van der Waals surface area (Å²) in [6, 6.07) is 0. The molecule has 0 aromatic carbocycles. The van der Waals surface area contributed by atoms with Gasteiger partial charge in [-0.15, -0.1) is 0 Å². The van der Waals surface area contributed by atoms with Gasteiger partial charge in [-0.1, -0.05) is 20.8 Å².